The first kappa shape index (κ1) is 32.9. The van der Waals surface area contributed by atoms with Crippen molar-refractivity contribution in [2.75, 3.05) is 0 Å². The number of esters is 1. The lowest BCUT2D eigenvalue weighted by molar-refractivity contribution is -0.164. The van der Waals surface area contributed by atoms with E-state index in [0.717, 1.165) is 19.3 Å². The molecule has 0 amide bonds. The highest BCUT2D eigenvalue weighted by atomic mass is 16.6. The number of aliphatic carboxylic acids is 1. The Morgan fingerprint density at radius 2 is 0.824 bits per heavy atom. The highest BCUT2D eigenvalue weighted by Crippen LogP contribution is 2.15. The molecule has 1 unspecified atom stereocenters. The fourth-order valence-electron chi connectivity index (χ4n) is 4.58. The quantitative estimate of drug-likeness (QED) is 0.0934. The number of carboxylic acid groups (broad SMARTS) is 1. The van der Waals surface area contributed by atoms with Gasteiger partial charge in [0, 0.05) is 6.42 Å². The highest BCUT2D eigenvalue weighted by Gasteiger charge is 2.19. The van der Waals surface area contributed by atoms with E-state index in [1.807, 2.05) is 0 Å². The van der Waals surface area contributed by atoms with Gasteiger partial charge in [0.2, 0.25) is 0 Å². The van der Waals surface area contributed by atoms with Gasteiger partial charge < -0.3 is 9.84 Å². The van der Waals surface area contributed by atoms with Crippen LogP contribution in [0.2, 0.25) is 0 Å². The second-order valence-electron chi connectivity index (χ2n) is 10.3. The van der Waals surface area contributed by atoms with Crippen LogP contribution in [0.5, 0.6) is 0 Å². The Labute approximate surface area is 212 Å². The number of hydrogen-bond acceptors (Lipinski definition) is 3. The number of ether oxygens (including phenoxy) is 1. The molecule has 0 aliphatic rings. The van der Waals surface area contributed by atoms with E-state index >= 15 is 0 Å². The van der Waals surface area contributed by atoms with Crippen molar-refractivity contribution in [2.45, 2.75) is 180 Å². The maximum Gasteiger partial charge on any atom is 0.345 e. The maximum absolute atomic E-state index is 11.6. The first-order chi connectivity index (χ1) is 16.6. The summed E-state index contributed by atoms with van der Waals surface area (Å²) >= 11 is 0. The first-order valence-electron chi connectivity index (χ1n) is 15.0. The van der Waals surface area contributed by atoms with E-state index in [9.17, 15) is 9.59 Å². The van der Waals surface area contributed by atoms with Crippen molar-refractivity contribution < 1.29 is 19.4 Å². The van der Waals surface area contributed by atoms with Gasteiger partial charge in [-0.3, -0.25) is 4.79 Å². The molecule has 4 nitrogen and oxygen atoms in total. The summed E-state index contributed by atoms with van der Waals surface area (Å²) in [5, 5.41) is 8.90. The molecule has 1 atom stereocenters. The van der Waals surface area contributed by atoms with Crippen LogP contribution in [0.1, 0.15) is 174 Å². The molecular formula is C30H58O4. The van der Waals surface area contributed by atoms with Crippen molar-refractivity contribution in [2.24, 2.45) is 0 Å². The SMILES string of the molecule is CCCCCCCCCCCCCCCCCCCCCCCCCC(=O)OC(CC)C(=O)O. The third kappa shape index (κ3) is 24.1. The third-order valence-electron chi connectivity index (χ3n) is 6.90. The summed E-state index contributed by atoms with van der Waals surface area (Å²) in [6.07, 6.45) is 30.7. The van der Waals surface area contributed by atoms with Crippen molar-refractivity contribution in [3.05, 3.63) is 0 Å². The monoisotopic (exact) mass is 482 g/mol. The van der Waals surface area contributed by atoms with Gasteiger partial charge in [0.1, 0.15) is 0 Å². The molecule has 0 rings (SSSR count). The normalized spacial score (nSPS) is 12.1. The van der Waals surface area contributed by atoms with Crippen LogP contribution in [0.3, 0.4) is 0 Å². The number of rotatable bonds is 27. The van der Waals surface area contributed by atoms with E-state index in [1.54, 1.807) is 6.92 Å². The minimum Gasteiger partial charge on any atom is -0.479 e. The largest absolute Gasteiger partial charge is 0.479 e. The summed E-state index contributed by atoms with van der Waals surface area (Å²) in [7, 11) is 0. The lowest BCUT2D eigenvalue weighted by atomic mass is 10.0. The van der Waals surface area contributed by atoms with Crippen molar-refractivity contribution in [3.8, 4) is 0 Å². The summed E-state index contributed by atoms with van der Waals surface area (Å²) < 4.78 is 4.97. The molecule has 0 aliphatic heterocycles. The molecule has 0 radical (unpaired) electrons. The Hall–Kier alpha value is -1.06. The van der Waals surface area contributed by atoms with Crippen LogP contribution in [0.15, 0.2) is 0 Å². The van der Waals surface area contributed by atoms with Gasteiger partial charge in [-0.2, -0.15) is 0 Å². The second-order valence-corrected chi connectivity index (χ2v) is 10.3. The summed E-state index contributed by atoms with van der Waals surface area (Å²) in [5.74, 6) is -1.43. The first-order valence-corrected chi connectivity index (χ1v) is 15.0. The van der Waals surface area contributed by atoms with Gasteiger partial charge in [0.25, 0.3) is 0 Å². The molecule has 0 aliphatic carbocycles. The predicted molar refractivity (Wildman–Crippen MR) is 144 cm³/mol. The highest BCUT2D eigenvalue weighted by molar-refractivity contribution is 5.77. The maximum atomic E-state index is 11.6. The average molecular weight is 483 g/mol. The standard InChI is InChI=1S/C30H58O4/c1-3-5-6-7-8-9-10-11-12-13-14-15-16-17-18-19-20-21-22-23-24-25-26-27-29(31)34-28(4-2)30(32)33/h28H,3-27H2,1-2H3,(H,32,33). The number of carbonyl (C=O) groups is 2. The zero-order chi connectivity index (χ0) is 25.1. The van der Waals surface area contributed by atoms with Gasteiger partial charge in [-0.1, -0.05) is 155 Å². The van der Waals surface area contributed by atoms with Crippen molar-refractivity contribution in [1.82, 2.24) is 0 Å². The number of carboxylic acids is 1. The van der Waals surface area contributed by atoms with Crippen LogP contribution in [-0.4, -0.2) is 23.1 Å². The van der Waals surface area contributed by atoms with Gasteiger partial charge >= 0.3 is 11.9 Å². The Kier molecular flexibility index (Phi) is 25.7. The van der Waals surface area contributed by atoms with Gasteiger partial charge in [-0.15, -0.1) is 0 Å². The molecule has 34 heavy (non-hydrogen) atoms. The second kappa shape index (κ2) is 26.5. The molecule has 0 saturated carbocycles. The van der Waals surface area contributed by atoms with Crippen LogP contribution < -0.4 is 0 Å². The van der Waals surface area contributed by atoms with Gasteiger partial charge in [0.05, 0.1) is 0 Å². The lowest BCUT2D eigenvalue weighted by Gasteiger charge is -2.11. The zero-order valence-electron chi connectivity index (χ0n) is 22.9. The van der Waals surface area contributed by atoms with Crippen LogP contribution >= 0.6 is 0 Å². The Balaban J connectivity index is 3.18. The fraction of sp³-hybridized carbons (Fsp3) is 0.933. The van der Waals surface area contributed by atoms with E-state index in [0.29, 0.717) is 12.8 Å². The number of unbranched alkanes of at least 4 members (excludes halogenated alkanes) is 22. The van der Waals surface area contributed by atoms with Crippen molar-refractivity contribution in [3.63, 3.8) is 0 Å². The van der Waals surface area contributed by atoms with Crippen LogP contribution in [0.25, 0.3) is 0 Å². The van der Waals surface area contributed by atoms with E-state index < -0.39 is 12.1 Å². The van der Waals surface area contributed by atoms with E-state index in [2.05, 4.69) is 6.92 Å². The topological polar surface area (TPSA) is 63.6 Å². The van der Waals surface area contributed by atoms with Gasteiger partial charge in [-0.05, 0) is 12.8 Å². The third-order valence-corrected chi connectivity index (χ3v) is 6.90. The molecule has 0 spiro atoms. The fourth-order valence-corrected chi connectivity index (χ4v) is 4.58. The van der Waals surface area contributed by atoms with Crippen LogP contribution in [0.4, 0.5) is 0 Å². The summed E-state index contributed by atoms with van der Waals surface area (Å²) in [4.78, 5) is 22.5. The number of carbonyl (C=O) groups excluding carboxylic acids is 1. The van der Waals surface area contributed by atoms with Crippen molar-refractivity contribution in [1.29, 1.82) is 0 Å². The molecule has 0 aromatic heterocycles. The molecule has 0 saturated heterocycles. The molecule has 1 N–H and O–H groups in total. The predicted octanol–water partition coefficient (Wildman–Crippen LogP) is 9.78. The van der Waals surface area contributed by atoms with Gasteiger partial charge in [0.15, 0.2) is 6.10 Å². The molecule has 0 aromatic carbocycles. The summed E-state index contributed by atoms with van der Waals surface area (Å²) in [5.41, 5.74) is 0. The van der Waals surface area contributed by atoms with Crippen LogP contribution in [-0.2, 0) is 14.3 Å². The molecule has 202 valence electrons. The molecular weight excluding hydrogens is 424 g/mol. The molecule has 0 aromatic rings. The number of hydrogen-bond donors (Lipinski definition) is 1. The Morgan fingerprint density at radius 3 is 1.09 bits per heavy atom. The molecule has 0 bridgehead atoms. The van der Waals surface area contributed by atoms with E-state index in [-0.39, 0.29) is 5.97 Å². The van der Waals surface area contributed by atoms with Gasteiger partial charge in [-0.25, -0.2) is 4.79 Å². The van der Waals surface area contributed by atoms with E-state index in [1.165, 1.54) is 128 Å². The lowest BCUT2D eigenvalue weighted by Crippen LogP contribution is -2.26. The minimum atomic E-state index is -1.06. The van der Waals surface area contributed by atoms with Crippen LogP contribution in [0, 0.1) is 0 Å². The summed E-state index contributed by atoms with van der Waals surface area (Å²) in [6.45, 7) is 4.00. The molecule has 4 heteroatoms. The molecule has 0 heterocycles. The Morgan fingerprint density at radius 1 is 0.529 bits per heavy atom. The zero-order valence-corrected chi connectivity index (χ0v) is 22.9. The minimum absolute atomic E-state index is 0.320. The smallest absolute Gasteiger partial charge is 0.345 e. The van der Waals surface area contributed by atoms with E-state index in [4.69, 9.17) is 9.84 Å². The average Bonchev–Trinajstić information content (AvgIpc) is 2.82. The van der Waals surface area contributed by atoms with Crippen molar-refractivity contribution >= 4 is 11.9 Å². The Bertz CT molecular complexity index is 449. The molecule has 0 fully saturated rings. The summed E-state index contributed by atoms with van der Waals surface area (Å²) in [6, 6.07) is 0.